The first-order valence-electron chi connectivity index (χ1n) is 8.31. The van der Waals surface area contributed by atoms with E-state index in [-0.39, 0.29) is 17.5 Å². The van der Waals surface area contributed by atoms with Crippen LogP contribution in [0.3, 0.4) is 0 Å². The number of hydrogen-bond acceptors (Lipinski definition) is 4. The minimum absolute atomic E-state index is 0.0647. The Morgan fingerprint density at radius 1 is 1.08 bits per heavy atom. The number of hydrogen-bond donors (Lipinski definition) is 2. The summed E-state index contributed by atoms with van der Waals surface area (Å²) in [5, 5.41) is 2.65. The van der Waals surface area contributed by atoms with Crippen LogP contribution in [0, 0.1) is 13.8 Å². The minimum Gasteiger partial charge on any atom is -0.491 e. The van der Waals surface area contributed by atoms with Gasteiger partial charge in [0, 0.05) is 5.69 Å². The first-order valence-corrected chi connectivity index (χ1v) is 9.79. The van der Waals surface area contributed by atoms with Gasteiger partial charge in [0.15, 0.2) is 0 Å². The Hall–Kier alpha value is -2.38. The van der Waals surface area contributed by atoms with E-state index in [1.54, 1.807) is 43.3 Å². The first-order chi connectivity index (χ1) is 12.2. The number of rotatable bonds is 7. The molecule has 2 rings (SSSR count). The second kappa shape index (κ2) is 8.33. The fourth-order valence-corrected chi connectivity index (χ4v) is 3.64. The van der Waals surface area contributed by atoms with Crippen molar-refractivity contribution >= 4 is 21.6 Å². The molecule has 0 aliphatic rings. The van der Waals surface area contributed by atoms with Crippen LogP contribution in [-0.2, 0) is 14.8 Å². The Kier molecular flexibility index (Phi) is 6.39. The molecular weight excluding hydrogens is 352 g/mol. The summed E-state index contributed by atoms with van der Waals surface area (Å²) in [5.41, 5.74) is 2.03. The van der Waals surface area contributed by atoms with Crippen molar-refractivity contribution in [1.82, 2.24) is 4.72 Å². The van der Waals surface area contributed by atoms with Crippen LogP contribution in [0.25, 0.3) is 0 Å². The van der Waals surface area contributed by atoms with Gasteiger partial charge in [0.25, 0.3) is 0 Å². The third-order valence-electron chi connectivity index (χ3n) is 3.57. The summed E-state index contributed by atoms with van der Waals surface area (Å²) < 4.78 is 32.7. The van der Waals surface area contributed by atoms with E-state index in [2.05, 4.69) is 10.0 Å². The van der Waals surface area contributed by atoms with Gasteiger partial charge in [0.1, 0.15) is 5.75 Å². The van der Waals surface area contributed by atoms with Crippen LogP contribution in [0.1, 0.15) is 25.0 Å². The van der Waals surface area contributed by atoms with Crippen LogP contribution in [-0.4, -0.2) is 27.0 Å². The number of carbonyl (C=O) groups excluding carboxylic acids is 1. The minimum atomic E-state index is -3.75. The number of anilines is 1. The molecule has 7 heteroatoms. The number of sulfonamides is 1. The summed E-state index contributed by atoms with van der Waals surface area (Å²) in [6.45, 7) is 7.04. The lowest BCUT2D eigenvalue weighted by Crippen LogP contribution is -2.33. The van der Waals surface area contributed by atoms with E-state index >= 15 is 0 Å². The van der Waals surface area contributed by atoms with Crippen LogP contribution in [0.2, 0.25) is 0 Å². The maximum Gasteiger partial charge on any atom is 0.241 e. The maximum atomic E-state index is 12.4. The second-order valence-electron chi connectivity index (χ2n) is 6.33. The summed E-state index contributed by atoms with van der Waals surface area (Å²) in [5.74, 6) is 0.255. The quantitative estimate of drug-likeness (QED) is 0.778. The Balaban J connectivity index is 1.96. The number of amides is 1. The van der Waals surface area contributed by atoms with Crippen molar-refractivity contribution in [2.24, 2.45) is 0 Å². The molecule has 6 nitrogen and oxygen atoms in total. The molecule has 0 aliphatic heterocycles. The number of aryl methyl sites for hydroxylation is 2. The zero-order valence-electron chi connectivity index (χ0n) is 15.4. The number of nitrogens with one attached hydrogen (secondary N) is 2. The Morgan fingerprint density at radius 2 is 1.73 bits per heavy atom. The molecule has 2 aromatic carbocycles. The Labute approximate surface area is 154 Å². The summed E-state index contributed by atoms with van der Waals surface area (Å²) in [7, 11) is -3.75. The monoisotopic (exact) mass is 376 g/mol. The molecule has 2 aromatic rings. The van der Waals surface area contributed by atoms with Gasteiger partial charge in [-0.05, 0) is 69.2 Å². The predicted octanol–water partition coefficient (Wildman–Crippen LogP) is 3.01. The van der Waals surface area contributed by atoms with Crippen LogP contribution in [0.4, 0.5) is 5.69 Å². The molecular formula is C19H24N2O4S. The van der Waals surface area contributed by atoms with Gasteiger partial charge in [0.05, 0.1) is 17.5 Å². The molecule has 0 saturated heterocycles. The van der Waals surface area contributed by atoms with E-state index in [0.29, 0.717) is 17.0 Å². The van der Waals surface area contributed by atoms with Crippen molar-refractivity contribution < 1.29 is 17.9 Å². The van der Waals surface area contributed by atoms with E-state index in [1.165, 1.54) is 0 Å². The Bertz CT molecular complexity index is 875. The van der Waals surface area contributed by atoms with E-state index < -0.39 is 15.9 Å². The molecule has 0 radical (unpaired) electrons. The molecule has 1 amide bonds. The van der Waals surface area contributed by atoms with Crippen molar-refractivity contribution in [3.05, 3.63) is 53.6 Å². The SMILES string of the molecule is Cc1ccc(C)c(S(=O)(=O)NCC(=O)Nc2ccc(OC(C)C)cc2)c1. The zero-order chi connectivity index (χ0) is 19.3. The van der Waals surface area contributed by atoms with Crippen LogP contribution in [0.15, 0.2) is 47.4 Å². The largest absolute Gasteiger partial charge is 0.491 e. The van der Waals surface area contributed by atoms with Gasteiger partial charge in [0.2, 0.25) is 15.9 Å². The molecule has 0 aromatic heterocycles. The lowest BCUT2D eigenvalue weighted by atomic mass is 10.2. The van der Waals surface area contributed by atoms with Crippen molar-refractivity contribution in [2.75, 3.05) is 11.9 Å². The molecule has 0 unspecified atom stereocenters. The zero-order valence-corrected chi connectivity index (χ0v) is 16.2. The lowest BCUT2D eigenvalue weighted by Gasteiger charge is -2.12. The fourth-order valence-electron chi connectivity index (χ4n) is 2.33. The van der Waals surface area contributed by atoms with Crippen LogP contribution in [0.5, 0.6) is 5.75 Å². The number of ether oxygens (including phenoxy) is 1. The molecule has 0 bridgehead atoms. The summed E-state index contributed by atoms with van der Waals surface area (Å²) in [6.07, 6.45) is 0.0647. The molecule has 0 spiro atoms. The van der Waals surface area contributed by atoms with Crippen molar-refractivity contribution in [3.8, 4) is 5.75 Å². The smallest absolute Gasteiger partial charge is 0.241 e. The van der Waals surface area contributed by atoms with Gasteiger partial charge >= 0.3 is 0 Å². The summed E-state index contributed by atoms with van der Waals surface area (Å²) in [6, 6.07) is 12.1. The van der Waals surface area contributed by atoms with Gasteiger partial charge < -0.3 is 10.1 Å². The maximum absolute atomic E-state index is 12.4. The predicted molar refractivity (Wildman–Crippen MR) is 102 cm³/mol. The molecule has 0 fully saturated rings. The second-order valence-corrected chi connectivity index (χ2v) is 8.07. The van der Waals surface area contributed by atoms with Crippen LogP contribution < -0.4 is 14.8 Å². The van der Waals surface area contributed by atoms with Gasteiger partial charge in [-0.15, -0.1) is 0 Å². The highest BCUT2D eigenvalue weighted by Gasteiger charge is 2.18. The highest BCUT2D eigenvalue weighted by molar-refractivity contribution is 7.89. The number of benzene rings is 2. The van der Waals surface area contributed by atoms with Crippen LogP contribution >= 0.6 is 0 Å². The topological polar surface area (TPSA) is 84.5 Å². The highest BCUT2D eigenvalue weighted by atomic mass is 32.2. The average Bonchev–Trinajstić information content (AvgIpc) is 2.56. The van der Waals surface area contributed by atoms with E-state index in [1.807, 2.05) is 26.8 Å². The Morgan fingerprint density at radius 3 is 2.35 bits per heavy atom. The first kappa shape index (κ1) is 19.9. The lowest BCUT2D eigenvalue weighted by molar-refractivity contribution is -0.115. The molecule has 26 heavy (non-hydrogen) atoms. The molecule has 2 N–H and O–H groups in total. The molecule has 0 heterocycles. The van der Waals surface area contributed by atoms with Gasteiger partial charge in [-0.1, -0.05) is 12.1 Å². The molecule has 0 saturated carbocycles. The third-order valence-corrected chi connectivity index (χ3v) is 5.11. The van der Waals surface area contributed by atoms with E-state index in [0.717, 1.165) is 5.56 Å². The molecule has 0 atom stereocenters. The standard InChI is InChI=1S/C19H24N2O4S/c1-13(2)25-17-9-7-16(8-10-17)21-19(22)12-20-26(23,24)18-11-14(3)5-6-15(18)4/h5-11,13,20H,12H2,1-4H3,(H,21,22). The summed E-state index contributed by atoms with van der Waals surface area (Å²) in [4.78, 5) is 12.2. The number of carbonyl (C=O) groups is 1. The van der Waals surface area contributed by atoms with Gasteiger partial charge in [-0.3, -0.25) is 4.79 Å². The normalized spacial score (nSPS) is 11.4. The van der Waals surface area contributed by atoms with Crippen molar-refractivity contribution in [2.45, 2.75) is 38.7 Å². The van der Waals surface area contributed by atoms with Crippen molar-refractivity contribution in [1.29, 1.82) is 0 Å². The third kappa shape index (κ3) is 5.57. The highest BCUT2D eigenvalue weighted by Crippen LogP contribution is 2.18. The molecule has 140 valence electrons. The average molecular weight is 376 g/mol. The van der Waals surface area contributed by atoms with E-state index in [4.69, 9.17) is 4.74 Å². The summed E-state index contributed by atoms with van der Waals surface area (Å²) >= 11 is 0. The van der Waals surface area contributed by atoms with Gasteiger partial charge in [-0.25, -0.2) is 13.1 Å². The van der Waals surface area contributed by atoms with Crippen molar-refractivity contribution in [3.63, 3.8) is 0 Å². The van der Waals surface area contributed by atoms with Gasteiger partial charge in [-0.2, -0.15) is 0 Å². The molecule has 0 aliphatic carbocycles. The van der Waals surface area contributed by atoms with E-state index in [9.17, 15) is 13.2 Å². The fraction of sp³-hybridized carbons (Fsp3) is 0.316.